The number of benzene rings is 1. The molecule has 22 heavy (non-hydrogen) atoms. The summed E-state index contributed by atoms with van der Waals surface area (Å²) in [6, 6.07) is 5.48. The summed E-state index contributed by atoms with van der Waals surface area (Å²) in [5.41, 5.74) is 0.819. The lowest BCUT2D eigenvalue weighted by molar-refractivity contribution is 0.168. The molecule has 2 rings (SSSR count). The molecule has 0 bridgehead atoms. The summed E-state index contributed by atoms with van der Waals surface area (Å²) in [7, 11) is -1.89. The van der Waals surface area contributed by atoms with Gasteiger partial charge in [0, 0.05) is 12.1 Å². The maximum absolute atomic E-state index is 12.5. The molecule has 0 spiro atoms. The van der Waals surface area contributed by atoms with Gasteiger partial charge in [-0.15, -0.1) is 0 Å². The molecular weight excluding hydrogens is 300 g/mol. The summed E-state index contributed by atoms with van der Waals surface area (Å²) in [6.45, 7) is 8.06. The molecular formula is C16H26N2O3S. The van der Waals surface area contributed by atoms with E-state index in [1.54, 1.807) is 25.3 Å². The normalized spacial score (nSPS) is 17.9. The molecule has 0 saturated carbocycles. The van der Waals surface area contributed by atoms with Gasteiger partial charge in [-0.2, -0.15) is 0 Å². The molecule has 6 heteroatoms. The van der Waals surface area contributed by atoms with Crippen molar-refractivity contribution in [3.8, 4) is 5.75 Å². The molecule has 5 nitrogen and oxygen atoms in total. The van der Waals surface area contributed by atoms with Crippen LogP contribution in [0.5, 0.6) is 5.75 Å². The van der Waals surface area contributed by atoms with E-state index in [1.807, 2.05) is 6.92 Å². The smallest absolute Gasteiger partial charge is 0.240 e. The SMILES string of the molecule is COc1ccc(S(=O)(=O)NC2CCN(C(C)C)CC2)cc1C. The highest BCUT2D eigenvalue weighted by Gasteiger charge is 2.25. The number of rotatable bonds is 5. The first-order valence-electron chi connectivity index (χ1n) is 7.74. The highest BCUT2D eigenvalue weighted by Crippen LogP contribution is 2.22. The Morgan fingerprint density at radius 3 is 2.41 bits per heavy atom. The summed E-state index contributed by atoms with van der Waals surface area (Å²) in [4.78, 5) is 2.68. The molecule has 1 heterocycles. The second-order valence-corrected chi connectivity index (χ2v) is 7.87. The molecule has 1 aliphatic rings. The van der Waals surface area contributed by atoms with Crippen molar-refractivity contribution >= 4 is 10.0 Å². The number of hydrogen-bond acceptors (Lipinski definition) is 4. The van der Waals surface area contributed by atoms with Crippen molar-refractivity contribution in [2.24, 2.45) is 0 Å². The fraction of sp³-hybridized carbons (Fsp3) is 0.625. The van der Waals surface area contributed by atoms with Crippen LogP contribution in [0.15, 0.2) is 23.1 Å². The number of likely N-dealkylation sites (tertiary alicyclic amines) is 1. The molecule has 0 amide bonds. The van der Waals surface area contributed by atoms with Crippen LogP contribution < -0.4 is 9.46 Å². The highest BCUT2D eigenvalue weighted by atomic mass is 32.2. The van der Waals surface area contributed by atoms with Crippen LogP contribution in [0.2, 0.25) is 0 Å². The monoisotopic (exact) mass is 326 g/mol. The Hall–Kier alpha value is -1.11. The molecule has 1 saturated heterocycles. The summed E-state index contributed by atoms with van der Waals surface area (Å²) in [6.07, 6.45) is 1.71. The van der Waals surface area contributed by atoms with Gasteiger partial charge in [-0.1, -0.05) is 0 Å². The Morgan fingerprint density at radius 2 is 1.91 bits per heavy atom. The van der Waals surface area contributed by atoms with Crippen molar-refractivity contribution in [3.63, 3.8) is 0 Å². The van der Waals surface area contributed by atoms with Crippen LogP contribution in [0.25, 0.3) is 0 Å². The van der Waals surface area contributed by atoms with Gasteiger partial charge in [0.05, 0.1) is 12.0 Å². The summed E-state index contributed by atoms with van der Waals surface area (Å²) < 4.78 is 33.0. The molecule has 0 aromatic heterocycles. The van der Waals surface area contributed by atoms with Gasteiger partial charge in [0.2, 0.25) is 10.0 Å². The third-order valence-corrected chi connectivity index (χ3v) is 5.78. The van der Waals surface area contributed by atoms with Gasteiger partial charge in [0.1, 0.15) is 5.75 Å². The number of sulfonamides is 1. The van der Waals surface area contributed by atoms with E-state index in [0.29, 0.717) is 16.7 Å². The number of aryl methyl sites for hydroxylation is 1. The number of ether oxygens (including phenoxy) is 1. The van der Waals surface area contributed by atoms with Gasteiger partial charge < -0.3 is 9.64 Å². The van der Waals surface area contributed by atoms with Crippen LogP contribution in [0.3, 0.4) is 0 Å². The second-order valence-electron chi connectivity index (χ2n) is 6.16. The van der Waals surface area contributed by atoms with E-state index >= 15 is 0 Å². The Kier molecular flexibility index (Phi) is 5.47. The molecule has 0 atom stereocenters. The largest absolute Gasteiger partial charge is 0.496 e. The summed E-state index contributed by atoms with van der Waals surface area (Å²) in [5.74, 6) is 0.698. The quantitative estimate of drug-likeness (QED) is 0.901. The van der Waals surface area contributed by atoms with Gasteiger partial charge in [0.25, 0.3) is 0 Å². The van der Waals surface area contributed by atoms with Crippen LogP contribution >= 0.6 is 0 Å². The first kappa shape index (κ1) is 17.2. The van der Waals surface area contributed by atoms with Crippen LogP contribution in [0.1, 0.15) is 32.3 Å². The van der Waals surface area contributed by atoms with Crippen LogP contribution in [-0.2, 0) is 10.0 Å². The molecule has 0 unspecified atom stereocenters. The molecule has 0 radical (unpaired) electrons. The Labute approximate surface area is 133 Å². The van der Waals surface area contributed by atoms with Crippen LogP contribution in [-0.4, -0.2) is 45.6 Å². The molecule has 1 N–H and O–H groups in total. The topological polar surface area (TPSA) is 58.6 Å². The maximum atomic E-state index is 12.5. The van der Waals surface area contributed by atoms with E-state index in [2.05, 4.69) is 23.5 Å². The number of nitrogens with one attached hydrogen (secondary N) is 1. The maximum Gasteiger partial charge on any atom is 0.240 e. The van der Waals surface area contributed by atoms with Crippen molar-refractivity contribution in [2.45, 2.75) is 50.6 Å². The third-order valence-electron chi connectivity index (χ3n) is 4.26. The average molecular weight is 326 g/mol. The van der Waals surface area contributed by atoms with E-state index in [-0.39, 0.29) is 6.04 Å². The minimum atomic E-state index is -3.47. The molecule has 124 valence electrons. The van der Waals surface area contributed by atoms with Crippen molar-refractivity contribution in [3.05, 3.63) is 23.8 Å². The molecule has 1 aliphatic heterocycles. The predicted molar refractivity (Wildman–Crippen MR) is 87.8 cm³/mol. The Bertz CT molecular complexity index is 606. The molecule has 0 aliphatic carbocycles. The first-order valence-corrected chi connectivity index (χ1v) is 9.23. The standard InChI is InChI=1S/C16H26N2O3S/c1-12(2)18-9-7-14(8-10-18)17-22(19,20)15-5-6-16(21-4)13(3)11-15/h5-6,11-12,14,17H,7-10H2,1-4H3. The van der Waals surface area contributed by atoms with E-state index in [9.17, 15) is 8.42 Å². The van der Waals surface area contributed by atoms with Gasteiger partial charge in [-0.25, -0.2) is 13.1 Å². The fourth-order valence-corrected chi connectivity index (χ4v) is 4.23. The summed E-state index contributed by atoms with van der Waals surface area (Å²) in [5, 5.41) is 0. The van der Waals surface area contributed by atoms with Crippen molar-refractivity contribution in [2.75, 3.05) is 20.2 Å². The Balaban J connectivity index is 2.04. The van der Waals surface area contributed by atoms with Gasteiger partial charge in [-0.3, -0.25) is 0 Å². The van der Waals surface area contributed by atoms with Crippen LogP contribution in [0.4, 0.5) is 0 Å². The number of piperidine rings is 1. The lowest BCUT2D eigenvalue weighted by Gasteiger charge is -2.34. The zero-order chi connectivity index (χ0) is 16.3. The van der Waals surface area contributed by atoms with Crippen molar-refractivity contribution in [1.29, 1.82) is 0 Å². The van der Waals surface area contributed by atoms with Crippen LogP contribution in [0, 0.1) is 6.92 Å². The summed E-state index contributed by atoms with van der Waals surface area (Å²) >= 11 is 0. The van der Waals surface area contributed by atoms with E-state index < -0.39 is 10.0 Å². The lowest BCUT2D eigenvalue weighted by Crippen LogP contribution is -2.46. The number of methoxy groups -OCH3 is 1. The Morgan fingerprint density at radius 1 is 1.27 bits per heavy atom. The minimum Gasteiger partial charge on any atom is -0.496 e. The van der Waals surface area contributed by atoms with Gasteiger partial charge in [0.15, 0.2) is 0 Å². The van der Waals surface area contributed by atoms with Gasteiger partial charge in [-0.05, 0) is 70.5 Å². The number of hydrogen-bond donors (Lipinski definition) is 1. The van der Waals surface area contributed by atoms with Crippen molar-refractivity contribution < 1.29 is 13.2 Å². The third kappa shape index (κ3) is 4.00. The van der Waals surface area contributed by atoms with E-state index in [1.165, 1.54) is 0 Å². The minimum absolute atomic E-state index is 0.0161. The highest BCUT2D eigenvalue weighted by molar-refractivity contribution is 7.89. The first-order chi connectivity index (χ1) is 10.3. The van der Waals surface area contributed by atoms with E-state index in [4.69, 9.17) is 4.74 Å². The van der Waals surface area contributed by atoms with Gasteiger partial charge >= 0.3 is 0 Å². The average Bonchev–Trinajstić information content (AvgIpc) is 2.47. The zero-order valence-corrected chi connectivity index (χ0v) is 14.6. The number of nitrogens with zero attached hydrogens (tertiary/aromatic N) is 1. The zero-order valence-electron chi connectivity index (χ0n) is 13.8. The fourth-order valence-electron chi connectivity index (χ4n) is 2.84. The van der Waals surface area contributed by atoms with E-state index in [0.717, 1.165) is 31.5 Å². The van der Waals surface area contributed by atoms with Crippen molar-refractivity contribution in [1.82, 2.24) is 9.62 Å². The molecule has 1 aromatic carbocycles. The predicted octanol–water partition coefficient (Wildman–Crippen LogP) is 2.15. The molecule has 1 fully saturated rings. The second kappa shape index (κ2) is 6.98. The lowest BCUT2D eigenvalue weighted by atomic mass is 10.1. The molecule has 1 aromatic rings.